The molecule has 1 fully saturated rings. The Labute approximate surface area is 219 Å². The maximum absolute atomic E-state index is 13.8. The molecule has 0 atom stereocenters. The van der Waals surface area contributed by atoms with Gasteiger partial charge in [-0.1, -0.05) is 17.7 Å². The number of hydrogen-bond acceptors (Lipinski definition) is 7. The van der Waals surface area contributed by atoms with Gasteiger partial charge in [0.05, 0.1) is 21.0 Å². The molecule has 0 spiro atoms. The molecule has 0 amide bonds. The molecule has 4 rings (SSSR count). The fraction of sp³-hybridized carbons (Fsp3) is 0.292. The van der Waals surface area contributed by atoms with E-state index in [1.165, 1.54) is 12.3 Å². The summed E-state index contributed by atoms with van der Waals surface area (Å²) in [7, 11) is -10.5. The quantitative estimate of drug-likeness (QED) is 0.248. The number of pyridine rings is 1. The highest BCUT2D eigenvalue weighted by atomic mass is 35.5. The van der Waals surface area contributed by atoms with Crippen molar-refractivity contribution in [2.45, 2.75) is 53.3 Å². The van der Waals surface area contributed by atoms with E-state index >= 15 is 0 Å². The molecule has 0 radical (unpaired) electrons. The molecule has 0 unspecified atom stereocenters. The van der Waals surface area contributed by atoms with Crippen molar-refractivity contribution >= 4 is 43.9 Å². The molecule has 7 nitrogen and oxygen atoms in total. The maximum Gasteiger partial charge on any atom is 0.496 e. The topological polar surface area (TPSA) is 99.6 Å². The third kappa shape index (κ3) is 5.05. The average Bonchev–Trinajstić information content (AvgIpc) is 3.02. The molecule has 1 saturated heterocycles. The molecule has 0 N–H and O–H groups in total. The van der Waals surface area contributed by atoms with Crippen molar-refractivity contribution in [3.63, 3.8) is 0 Å². The van der Waals surface area contributed by atoms with Crippen LogP contribution in [0.2, 0.25) is 5.15 Å². The van der Waals surface area contributed by atoms with Crippen LogP contribution in [0, 0.1) is 11.6 Å². The number of rotatable bonds is 6. The molecular weight excluding hydrogens is 547 g/mol. The Kier molecular flexibility index (Phi) is 7.04. The van der Waals surface area contributed by atoms with E-state index in [0.717, 1.165) is 48.5 Å². The van der Waals surface area contributed by atoms with Crippen LogP contribution in [0.5, 0.6) is 0 Å². The Bertz CT molecular complexity index is 1460. The molecule has 196 valence electrons. The fourth-order valence-electron chi connectivity index (χ4n) is 3.75. The van der Waals surface area contributed by atoms with E-state index in [1.807, 2.05) is 27.7 Å². The summed E-state index contributed by atoms with van der Waals surface area (Å²) >= 11 is 6.31. The number of benzene rings is 2. The Morgan fingerprint density at radius 1 is 0.811 bits per heavy atom. The number of aromatic nitrogens is 1. The predicted molar refractivity (Wildman–Crippen MR) is 135 cm³/mol. The molecule has 1 aliphatic heterocycles. The van der Waals surface area contributed by atoms with Crippen molar-refractivity contribution in [1.29, 1.82) is 0 Å². The summed E-state index contributed by atoms with van der Waals surface area (Å²) in [5, 5.41) is -0.387. The Morgan fingerprint density at radius 3 is 1.62 bits per heavy atom. The highest BCUT2D eigenvalue weighted by Crippen LogP contribution is 2.41. The highest BCUT2D eigenvalue weighted by Gasteiger charge is 2.52. The second-order valence-electron chi connectivity index (χ2n) is 9.57. The first-order valence-corrected chi connectivity index (χ1v) is 14.5. The molecule has 0 aliphatic carbocycles. The lowest BCUT2D eigenvalue weighted by Crippen LogP contribution is -2.41. The van der Waals surface area contributed by atoms with Crippen LogP contribution < -0.4 is 5.46 Å². The van der Waals surface area contributed by atoms with Gasteiger partial charge in [-0.25, -0.2) is 30.6 Å². The number of nitrogens with zero attached hydrogens (tertiary/aromatic N) is 1. The molecule has 37 heavy (non-hydrogen) atoms. The zero-order chi connectivity index (χ0) is 27.4. The summed E-state index contributed by atoms with van der Waals surface area (Å²) in [6.07, 6.45) is 1.31. The van der Waals surface area contributed by atoms with Gasteiger partial charge in [0.2, 0.25) is 0 Å². The van der Waals surface area contributed by atoms with E-state index < -0.39 is 64.0 Å². The molecule has 0 bridgehead atoms. The van der Waals surface area contributed by atoms with Crippen LogP contribution >= 0.6 is 11.6 Å². The van der Waals surface area contributed by atoms with Crippen molar-refractivity contribution in [2.75, 3.05) is 0 Å². The van der Waals surface area contributed by atoms with Gasteiger partial charge in [0.25, 0.3) is 0 Å². The van der Waals surface area contributed by atoms with Crippen LogP contribution in [-0.2, 0) is 29.0 Å². The first kappa shape index (κ1) is 27.7. The average molecular weight is 570 g/mol. The Hall–Kier alpha value is -2.38. The van der Waals surface area contributed by atoms with Crippen LogP contribution in [-0.4, -0.2) is 40.1 Å². The van der Waals surface area contributed by atoms with Gasteiger partial charge in [0.15, 0.2) is 24.3 Å². The van der Waals surface area contributed by atoms with Crippen LogP contribution in [0.3, 0.4) is 0 Å². The lowest BCUT2D eigenvalue weighted by molar-refractivity contribution is 0.00578. The predicted octanol–water partition coefficient (Wildman–Crippen LogP) is 4.26. The largest absolute Gasteiger partial charge is 0.496 e. The van der Waals surface area contributed by atoms with Gasteiger partial charge in [-0.2, -0.15) is 0 Å². The number of sulfone groups is 2. The lowest BCUT2D eigenvalue weighted by atomic mass is 9.80. The van der Waals surface area contributed by atoms with E-state index in [1.54, 1.807) is 0 Å². The van der Waals surface area contributed by atoms with E-state index in [4.69, 9.17) is 20.9 Å². The van der Waals surface area contributed by atoms with E-state index in [0.29, 0.717) is 0 Å². The third-order valence-corrected chi connectivity index (χ3v) is 11.8. The van der Waals surface area contributed by atoms with Gasteiger partial charge in [0, 0.05) is 17.2 Å². The minimum atomic E-state index is -4.75. The van der Waals surface area contributed by atoms with E-state index in [9.17, 15) is 25.6 Å². The molecule has 13 heteroatoms. The lowest BCUT2D eigenvalue weighted by Gasteiger charge is -2.32. The summed E-state index contributed by atoms with van der Waals surface area (Å²) in [4.78, 5) is 3.13. The van der Waals surface area contributed by atoms with Gasteiger partial charge in [-0.05, 0) is 76.2 Å². The molecule has 2 aromatic carbocycles. The van der Waals surface area contributed by atoms with Gasteiger partial charge in [0.1, 0.15) is 16.8 Å². The van der Waals surface area contributed by atoms with Gasteiger partial charge in [-0.3, -0.25) is 0 Å². The van der Waals surface area contributed by atoms with Crippen molar-refractivity contribution in [3.8, 4) is 0 Å². The first-order valence-electron chi connectivity index (χ1n) is 11.1. The van der Waals surface area contributed by atoms with Crippen molar-refractivity contribution < 1.29 is 34.9 Å². The maximum atomic E-state index is 13.8. The second-order valence-corrected chi connectivity index (χ2v) is 14.3. The molecule has 3 aromatic rings. The summed E-state index contributed by atoms with van der Waals surface area (Å²) in [6, 6.07) is 8.67. The third-order valence-electron chi connectivity index (χ3n) is 6.51. The monoisotopic (exact) mass is 569 g/mol. The summed E-state index contributed by atoms with van der Waals surface area (Å²) in [5.41, 5.74) is -1.59. The molecular formula is C24H23BClF2NO6S2. The van der Waals surface area contributed by atoms with Gasteiger partial charge < -0.3 is 9.31 Å². The van der Waals surface area contributed by atoms with Gasteiger partial charge >= 0.3 is 7.12 Å². The second kappa shape index (κ2) is 9.42. The Morgan fingerprint density at radius 2 is 1.22 bits per heavy atom. The molecule has 1 aromatic heterocycles. The summed E-state index contributed by atoms with van der Waals surface area (Å²) in [5.74, 6) is -1.42. The smallest absolute Gasteiger partial charge is 0.399 e. The van der Waals surface area contributed by atoms with Crippen LogP contribution in [0.15, 0.2) is 70.6 Å². The van der Waals surface area contributed by atoms with Gasteiger partial charge in [-0.15, -0.1) is 0 Å². The standard InChI is InChI=1S/C24H23BClF2NO6S2/c1-23(2)24(3,4)35-25(34-23)15-13-20(21(26)29-14-15)22(36(30,31)18-9-5-16(27)6-10-18)37(32,33)19-11-7-17(28)8-12-19/h5-14,22H,1-4H3. The summed E-state index contributed by atoms with van der Waals surface area (Å²) < 4.78 is 92.0. The van der Waals surface area contributed by atoms with Crippen LogP contribution in [0.25, 0.3) is 0 Å². The van der Waals surface area contributed by atoms with Crippen molar-refractivity contribution in [1.82, 2.24) is 4.98 Å². The van der Waals surface area contributed by atoms with E-state index in [2.05, 4.69) is 4.98 Å². The van der Waals surface area contributed by atoms with Crippen molar-refractivity contribution in [2.24, 2.45) is 0 Å². The van der Waals surface area contributed by atoms with E-state index in [-0.39, 0.29) is 16.2 Å². The molecule has 1 aliphatic rings. The number of halogens is 3. The van der Waals surface area contributed by atoms with Crippen molar-refractivity contribution in [3.05, 3.63) is 83.1 Å². The number of hydrogen-bond donors (Lipinski definition) is 0. The minimum absolute atomic E-state index is 0.242. The SMILES string of the molecule is CC1(C)OB(c2cnc(Cl)c(C(S(=O)(=O)c3ccc(F)cc3)S(=O)(=O)c3ccc(F)cc3)c2)OC1(C)C. The van der Waals surface area contributed by atoms with Crippen LogP contribution in [0.4, 0.5) is 8.78 Å². The normalized spacial score (nSPS) is 17.4. The highest BCUT2D eigenvalue weighted by molar-refractivity contribution is 8.08. The molecule has 0 saturated carbocycles. The Balaban J connectivity index is 1.93. The zero-order valence-corrected chi connectivity index (χ0v) is 22.7. The first-order chi connectivity index (χ1) is 17.1. The fourth-order valence-corrected chi connectivity index (χ4v) is 8.65. The molecule has 2 heterocycles. The van der Waals surface area contributed by atoms with Crippen LogP contribution in [0.1, 0.15) is 37.8 Å². The zero-order valence-electron chi connectivity index (χ0n) is 20.3. The minimum Gasteiger partial charge on any atom is -0.399 e. The summed E-state index contributed by atoms with van der Waals surface area (Å²) in [6.45, 7) is 7.27.